The number of fused-ring (bicyclic) bond motifs is 1. The van der Waals surface area contributed by atoms with Crippen LogP contribution in [-0.4, -0.2) is 31.7 Å². The number of thiophene rings is 1. The molecule has 0 aromatic carbocycles. The van der Waals surface area contributed by atoms with Crippen molar-refractivity contribution in [2.45, 2.75) is 52.0 Å². The molecule has 6 nitrogen and oxygen atoms in total. The molecule has 1 saturated carbocycles. The Bertz CT molecular complexity index is 1320. The predicted molar refractivity (Wildman–Crippen MR) is 122 cm³/mol. The Balaban J connectivity index is 1.60. The van der Waals surface area contributed by atoms with Gasteiger partial charge in [-0.3, -0.25) is 4.98 Å². The van der Waals surface area contributed by atoms with E-state index in [0.717, 1.165) is 38.3 Å². The van der Waals surface area contributed by atoms with Crippen LogP contribution >= 0.6 is 11.3 Å². The van der Waals surface area contributed by atoms with Gasteiger partial charge in [0.05, 0.1) is 16.7 Å². The second-order valence-electron chi connectivity index (χ2n) is 8.75. The summed E-state index contributed by atoms with van der Waals surface area (Å²) < 4.78 is 34.7. The molecular formula is C24H23F2N3O3S. The minimum absolute atomic E-state index is 0.0841. The summed E-state index contributed by atoms with van der Waals surface area (Å²) in [6.45, 7) is 4.34. The Labute approximate surface area is 192 Å². The average molecular weight is 472 g/mol. The first-order chi connectivity index (χ1) is 15.7. The summed E-state index contributed by atoms with van der Waals surface area (Å²) >= 11 is 1.20. The summed E-state index contributed by atoms with van der Waals surface area (Å²) in [6.07, 6.45) is 4.52. The normalized spacial score (nSPS) is 16.5. The third-order valence-corrected chi connectivity index (χ3v) is 7.52. The lowest BCUT2D eigenvalue weighted by Gasteiger charge is -2.28. The molecule has 5 rings (SSSR count). The summed E-state index contributed by atoms with van der Waals surface area (Å²) in [4.78, 5) is 17.2. The number of aromatic carboxylic acids is 1. The monoisotopic (exact) mass is 471 g/mol. The van der Waals surface area contributed by atoms with Gasteiger partial charge in [0.15, 0.2) is 0 Å². The van der Waals surface area contributed by atoms with E-state index < -0.39 is 11.9 Å². The van der Waals surface area contributed by atoms with E-state index in [9.17, 15) is 18.7 Å². The summed E-state index contributed by atoms with van der Waals surface area (Å²) in [7, 11) is 0. The number of halogens is 2. The molecule has 0 unspecified atom stereocenters. The molecule has 0 radical (unpaired) electrons. The lowest BCUT2D eigenvalue weighted by Crippen LogP contribution is -2.26. The van der Waals surface area contributed by atoms with Crippen LogP contribution in [0.15, 0.2) is 35.1 Å². The largest absolute Gasteiger partial charge is 0.477 e. The van der Waals surface area contributed by atoms with Crippen LogP contribution in [0.2, 0.25) is 0 Å². The van der Waals surface area contributed by atoms with Crippen LogP contribution in [0, 0.1) is 19.8 Å². The van der Waals surface area contributed by atoms with Crippen LogP contribution in [0.4, 0.5) is 8.78 Å². The van der Waals surface area contributed by atoms with Gasteiger partial charge < -0.3 is 14.2 Å². The SMILES string of the molecule is Cc1noc(C)c1-c1cnc2c(-c3ccc(C(=O)O)s3)cn(CC3CCC(F)(F)CC3)c2c1. The molecule has 1 aliphatic carbocycles. The van der Waals surface area contributed by atoms with Gasteiger partial charge in [0.2, 0.25) is 5.92 Å². The van der Waals surface area contributed by atoms with Crippen molar-refractivity contribution in [1.82, 2.24) is 14.7 Å². The first kappa shape index (κ1) is 21.8. The summed E-state index contributed by atoms with van der Waals surface area (Å²) in [5.41, 5.74) is 5.01. The van der Waals surface area contributed by atoms with Crippen LogP contribution in [0.3, 0.4) is 0 Å². The lowest BCUT2D eigenvalue weighted by molar-refractivity contribution is -0.0472. The van der Waals surface area contributed by atoms with Crippen molar-refractivity contribution in [2.75, 3.05) is 0 Å². The molecule has 0 spiro atoms. The van der Waals surface area contributed by atoms with E-state index in [4.69, 9.17) is 9.51 Å². The van der Waals surface area contributed by atoms with Gasteiger partial charge in [-0.15, -0.1) is 11.3 Å². The van der Waals surface area contributed by atoms with Crippen molar-refractivity contribution >= 4 is 28.3 Å². The number of nitrogens with zero attached hydrogens (tertiary/aromatic N) is 3. The van der Waals surface area contributed by atoms with Gasteiger partial charge in [-0.2, -0.15) is 0 Å². The van der Waals surface area contributed by atoms with E-state index >= 15 is 0 Å². The van der Waals surface area contributed by atoms with E-state index in [1.807, 2.05) is 26.1 Å². The molecule has 4 aromatic heterocycles. The second-order valence-corrected chi connectivity index (χ2v) is 9.84. The van der Waals surface area contributed by atoms with E-state index in [2.05, 4.69) is 9.72 Å². The molecular weight excluding hydrogens is 448 g/mol. The number of aromatic nitrogens is 3. The van der Waals surface area contributed by atoms with Crippen LogP contribution < -0.4 is 0 Å². The molecule has 0 saturated heterocycles. The zero-order valence-electron chi connectivity index (χ0n) is 18.3. The zero-order valence-corrected chi connectivity index (χ0v) is 19.1. The highest BCUT2D eigenvalue weighted by atomic mass is 32.1. The average Bonchev–Trinajstić information content (AvgIpc) is 3.47. The van der Waals surface area contributed by atoms with Crippen molar-refractivity contribution < 1.29 is 23.2 Å². The predicted octanol–water partition coefficient (Wildman–Crippen LogP) is 6.56. The van der Waals surface area contributed by atoms with Crippen molar-refractivity contribution in [3.05, 3.63) is 46.9 Å². The minimum atomic E-state index is -2.57. The van der Waals surface area contributed by atoms with Gasteiger partial charge in [0.25, 0.3) is 0 Å². The Morgan fingerprint density at radius 3 is 2.70 bits per heavy atom. The smallest absolute Gasteiger partial charge is 0.345 e. The zero-order chi connectivity index (χ0) is 23.3. The number of pyridine rings is 1. The molecule has 1 aliphatic rings. The summed E-state index contributed by atoms with van der Waals surface area (Å²) in [6, 6.07) is 5.41. The van der Waals surface area contributed by atoms with Crippen LogP contribution in [-0.2, 0) is 6.54 Å². The van der Waals surface area contributed by atoms with Gasteiger partial charge in [-0.1, -0.05) is 5.16 Å². The lowest BCUT2D eigenvalue weighted by atomic mass is 9.87. The highest BCUT2D eigenvalue weighted by Gasteiger charge is 2.35. The molecule has 0 aliphatic heterocycles. The van der Waals surface area contributed by atoms with Gasteiger partial charge in [0.1, 0.15) is 10.6 Å². The molecule has 0 atom stereocenters. The molecule has 1 fully saturated rings. The van der Waals surface area contributed by atoms with Crippen molar-refractivity contribution in [3.8, 4) is 21.6 Å². The second kappa shape index (κ2) is 8.06. The molecule has 4 heterocycles. The van der Waals surface area contributed by atoms with Gasteiger partial charge in [0, 0.05) is 53.3 Å². The summed E-state index contributed by atoms with van der Waals surface area (Å²) in [5.74, 6) is -2.69. The van der Waals surface area contributed by atoms with Crippen molar-refractivity contribution in [1.29, 1.82) is 0 Å². The van der Waals surface area contributed by atoms with E-state index in [0.29, 0.717) is 25.1 Å². The maximum Gasteiger partial charge on any atom is 0.345 e. The third kappa shape index (κ3) is 4.06. The molecule has 1 N–H and O–H groups in total. The Morgan fingerprint density at radius 2 is 2.06 bits per heavy atom. The standard InChI is InChI=1S/C24H23F2N3O3S/c1-13-21(14(2)32-28-13)16-9-18-22(27-10-16)17(19-3-4-20(33-19)23(30)31)12-29(18)11-15-5-7-24(25,26)8-6-15/h3-4,9-10,12,15H,5-8,11H2,1-2H3,(H,30,31). The molecule has 4 aromatic rings. The van der Waals surface area contributed by atoms with Crippen LogP contribution in [0.5, 0.6) is 0 Å². The van der Waals surface area contributed by atoms with Crippen molar-refractivity contribution in [3.63, 3.8) is 0 Å². The number of hydrogen-bond donors (Lipinski definition) is 1. The third-order valence-electron chi connectivity index (χ3n) is 6.41. The minimum Gasteiger partial charge on any atom is -0.477 e. The number of aryl methyl sites for hydroxylation is 2. The molecule has 33 heavy (non-hydrogen) atoms. The first-order valence-corrected chi connectivity index (χ1v) is 11.7. The fraction of sp³-hybridized carbons (Fsp3) is 0.375. The van der Waals surface area contributed by atoms with Gasteiger partial charge in [-0.05, 0) is 50.8 Å². The maximum atomic E-state index is 13.7. The topological polar surface area (TPSA) is 81.2 Å². The fourth-order valence-corrected chi connectivity index (χ4v) is 5.54. The fourth-order valence-electron chi connectivity index (χ4n) is 4.69. The molecule has 0 amide bonds. The van der Waals surface area contributed by atoms with Gasteiger partial charge in [-0.25, -0.2) is 13.6 Å². The van der Waals surface area contributed by atoms with Crippen LogP contribution in [0.25, 0.3) is 32.6 Å². The van der Waals surface area contributed by atoms with E-state index in [1.54, 1.807) is 18.3 Å². The van der Waals surface area contributed by atoms with E-state index in [1.165, 1.54) is 11.3 Å². The number of carbonyl (C=O) groups is 1. The number of hydrogen-bond acceptors (Lipinski definition) is 5. The van der Waals surface area contributed by atoms with E-state index in [-0.39, 0.29) is 23.6 Å². The number of rotatable bonds is 5. The summed E-state index contributed by atoms with van der Waals surface area (Å²) in [5, 5.41) is 13.4. The molecule has 0 bridgehead atoms. The maximum absolute atomic E-state index is 13.7. The first-order valence-electron chi connectivity index (χ1n) is 10.9. The van der Waals surface area contributed by atoms with Crippen molar-refractivity contribution in [2.24, 2.45) is 5.92 Å². The highest BCUT2D eigenvalue weighted by Crippen LogP contribution is 2.40. The number of carboxylic acid groups (broad SMARTS) is 1. The Hall–Kier alpha value is -3.07. The number of alkyl halides is 2. The van der Waals surface area contributed by atoms with Gasteiger partial charge >= 0.3 is 5.97 Å². The highest BCUT2D eigenvalue weighted by molar-refractivity contribution is 7.17. The van der Waals surface area contributed by atoms with Crippen LogP contribution in [0.1, 0.15) is 46.8 Å². The molecule has 172 valence electrons. The molecule has 9 heteroatoms. The Kier molecular flexibility index (Phi) is 5.31. The Morgan fingerprint density at radius 1 is 1.30 bits per heavy atom. The number of carboxylic acids is 1. The quantitative estimate of drug-likeness (QED) is 0.356.